The number of aryl methyl sites for hydroxylation is 1. The number of nitrogens with two attached hydrogens (primary N) is 1. The molecule has 1 aliphatic rings. The van der Waals surface area contributed by atoms with Crippen LogP contribution in [0.2, 0.25) is 0 Å². The van der Waals surface area contributed by atoms with Gasteiger partial charge in [-0.15, -0.1) is 0 Å². The summed E-state index contributed by atoms with van der Waals surface area (Å²) in [6.45, 7) is 0. The highest BCUT2D eigenvalue weighted by Gasteiger charge is 2.27. The van der Waals surface area contributed by atoms with Crippen molar-refractivity contribution in [1.29, 1.82) is 0 Å². The molecule has 2 N–H and O–H groups in total. The van der Waals surface area contributed by atoms with E-state index < -0.39 is 0 Å². The highest BCUT2D eigenvalue weighted by atomic mass is 19.1. The largest absolute Gasteiger partial charge is 0.323 e. The summed E-state index contributed by atoms with van der Waals surface area (Å²) in [5.41, 5.74) is 9.64. The van der Waals surface area contributed by atoms with Gasteiger partial charge in [0.1, 0.15) is 5.82 Å². The zero-order valence-corrected chi connectivity index (χ0v) is 10.9. The van der Waals surface area contributed by atoms with Gasteiger partial charge in [0.05, 0.1) is 0 Å². The molecule has 0 heterocycles. The summed E-state index contributed by atoms with van der Waals surface area (Å²) in [5.74, 6) is 0.0277. The second-order valence-corrected chi connectivity index (χ2v) is 5.24. The Balaban J connectivity index is 1.98. The molecule has 1 aliphatic carbocycles. The van der Waals surface area contributed by atoms with Crippen molar-refractivity contribution in [3.05, 3.63) is 71.0 Å². The molecule has 3 rings (SSSR count). The molecule has 2 aromatic rings. The van der Waals surface area contributed by atoms with E-state index in [0.717, 1.165) is 19.3 Å². The summed E-state index contributed by atoms with van der Waals surface area (Å²) in [6.07, 6.45) is 3.27. The molecule has 0 aliphatic heterocycles. The summed E-state index contributed by atoms with van der Waals surface area (Å²) in [6, 6.07) is 15.0. The molecule has 2 heteroatoms. The van der Waals surface area contributed by atoms with Gasteiger partial charge in [-0.2, -0.15) is 0 Å². The average Bonchev–Trinajstić information content (AvgIpc) is 2.46. The van der Waals surface area contributed by atoms with Gasteiger partial charge in [0, 0.05) is 17.5 Å². The van der Waals surface area contributed by atoms with Crippen molar-refractivity contribution in [2.75, 3.05) is 0 Å². The zero-order valence-electron chi connectivity index (χ0n) is 10.9. The van der Waals surface area contributed by atoms with Crippen LogP contribution in [0.5, 0.6) is 0 Å². The minimum atomic E-state index is -0.261. The minimum Gasteiger partial charge on any atom is -0.323 e. The fraction of sp³-hybridized carbons (Fsp3) is 0.294. The Hall–Kier alpha value is -1.67. The van der Waals surface area contributed by atoms with E-state index in [1.54, 1.807) is 12.1 Å². The molecule has 0 aromatic heterocycles. The van der Waals surface area contributed by atoms with Gasteiger partial charge in [0.25, 0.3) is 0 Å². The van der Waals surface area contributed by atoms with Crippen molar-refractivity contribution in [2.45, 2.75) is 31.2 Å². The number of benzene rings is 2. The number of fused-ring (bicyclic) bond motifs is 1. The minimum absolute atomic E-state index is 0.196. The van der Waals surface area contributed by atoms with Gasteiger partial charge in [-0.25, -0.2) is 4.39 Å². The van der Waals surface area contributed by atoms with E-state index in [2.05, 4.69) is 18.2 Å². The SMILES string of the molecule is NC(c1ccccc1F)C1CCCc2ccccc21. The van der Waals surface area contributed by atoms with Crippen molar-refractivity contribution in [2.24, 2.45) is 5.73 Å². The van der Waals surface area contributed by atoms with E-state index in [4.69, 9.17) is 5.73 Å². The molecular formula is C17H18FN. The van der Waals surface area contributed by atoms with Gasteiger partial charge in [0.2, 0.25) is 0 Å². The van der Waals surface area contributed by atoms with Crippen molar-refractivity contribution < 1.29 is 4.39 Å². The maximum Gasteiger partial charge on any atom is 0.127 e. The van der Waals surface area contributed by atoms with Crippen LogP contribution in [-0.2, 0) is 6.42 Å². The van der Waals surface area contributed by atoms with Crippen LogP contribution >= 0.6 is 0 Å². The van der Waals surface area contributed by atoms with Crippen molar-refractivity contribution in [3.63, 3.8) is 0 Å². The summed E-state index contributed by atoms with van der Waals surface area (Å²) in [5, 5.41) is 0. The lowest BCUT2D eigenvalue weighted by atomic mass is 9.77. The molecular weight excluding hydrogens is 237 g/mol. The van der Waals surface area contributed by atoms with Crippen LogP contribution in [0.1, 0.15) is 41.5 Å². The van der Waals surface area contributed by atoms with Crippen LogP contribution in [0.25, 0.3) is 0 Å². The summed E-state index contributed by atoms with van der Waals surface area (Å²) >= 11 is 0. The van der Waals surface area contributed by atoms with Gasteiger partial charge in [-0.1, -0.05) is 42.5 Å². The van der Waals surface area contributed by atoms with Gasteiger partial charge < -0.3 is 5.73 Å². The second kappa shape index (κ2) is 5.14. The molecule has 2 atom stereocenters. The van der Waals surface area contributed by atoms with Crippen LogP contribution in [0.3, 0.4) is 0 Å². The van der Waals surface area contributed by atoms with Crippen LogP contribution < -0.4 is 5.73 Å². The lowest BCUT2D eigenvalue weighted by molar-refractivity contribution is 0.458. The van der Waals surface area contributed by atoms with Crippen molar-refractivity contribution in [1.82, 2.24) is 0 Å². The Kier molecular flexibility index (Phi) is 3.34. The Bertz CT molecular complexity index is 579. The summed E-state index contributed by atoms with van der Waals surface area (Å²) < 4.78 is 13.9. The summed E-state index contributed by atoms with van der Waals surface area (Å²) in [4.78, 5) is 0. The Morgan fingerprint density at radius 2 is 1.79 bits per heavy atom. The molecule has 0 amide bonds. The zero-order chi connectivity index (χ0) is 13.2. The Labute approximate surface area is 113 Å². The van der Waals surface area contributed by atoms with Crippen LogP contribution in [-0.4, -0.2) is 0 Å². The Morgan fingerprint density at radius 1 is 1.05 bits per heavy atom. The van der Waals surface area contributed by atoms with E-state index in [0.29, 0.717) is 5.56 Å². The predicted molar refractivity (Wildman–Crippen MR) is 75.4 cm³/mol. The van der Waals surface area contributed by atoms with Gasteiger partial charge >= 0.3 is 0 Å². The smallest absolute Gasteiger partial charge is 0.127 e. The number of hydrogen-bond acceptors (Lipinski definition) is 1. The highest BCUT2D eigenvalue weighted by Crippen LogP contribution is 2.39. The first kappa shape index (κ1) is 12.4. The van der Waals surface area contributed by atoms with Crippen LogP contribution in [0.4, 0.5) is 4.39 Å². The van der Waals surface area contributed by atoms with E-state index in [-0.39, 0.29) is 17.8 Å². The first-order valence-electron chi connectivity index (χ1n) is 6.85. The fourth-order valence-corrected chi connectivity index (χ4v) is 3.13. The maximum atomic E-state index is 13.9. The number of halogens is 1. The number of hydrogen-bond donors (Lipinski definition) is 1. The number of rotatable bonds is 2. The molecule has 98 valence electrons. The molecule has 0 saturated heterocycles. The topological polar surface area (TPSA) is 26.0 Å². The Morgan fingerprint density at radius 3 is 2.63 bits per heavy atom. The third kappa shape index (κ3) is 2.28. The van der Waals surface area contributed by atoms with Crippen LogP contribution in [0.15, 0.2) is 48.5 Å². The first-order chi connectivity index (χ1) is 9.27. The van der Waals surface area contributed by atoms with E-state index in [9.17, 15) is 4.39 Å². The molecule has 19 heavy (non-hydrogen) atoms. The lowest BCUT2D eigenvalue weighted by Gasteiger charge is -2.30. The van der Waals surface area contributed by atoms with Crippen molar-refractivity contribution >= 4 is 0 Å². The van der Waals surface area contributed by atoms with Gasteiger partial charge in [-0.05, 0) is 36.5 Å². The van der Waals surface area contributed by atoms with E-state index in [1.807, 2.05) is 12.1 Å². The molecule has 1 nitrogen and oxygen atoms in total. The summed E-state index contributed by atoms with van der Waals surface area (Å²) in [7, 11) is 0. The monoisotopic (exact) mass is 255 g/mol. The standard InChI is InChI=1S/C17H18FN/c18-16-11-4-3-9-15(16)17(19)14-10-5-7-12-6-1-2-8-13(12)14/h1-4,6,8-9,11,14,17H,5,7,10,19H2. The van der Waals surface area contributed by atoms with E-state index in [1.165, 1.54) is 17.2 Å². The van der Waals surface area contributed by atoms with Gasteiger partial charge in [0.15, 0.2) is 0 Å². The van der Waals surface area contributed by atoms with Crippen molar-refractivity contribution in [3.8, 4) is 0 Å². The second-order valence-electron chi connectivity index (χ2n) is 5.24. The van der Waals surface area contributed by atoms with Gasteiger partial charge in [-0.3, -0.25) is 0 Å². The highest BCUT2D eigenvalue weighted by molar-refractivity contribution is 5.36. The van der Waals surface area contributed by atoms with E-state index >= 15 is 0 Å². The fourth-order valence-electron chi connectivity index (χ4n) is 3.13. The van der Waals surface area contributed by atoms with Crippen LogP contribution in [0, 0.1) is 5.82 Å². The predicted octanol–water partition coefficient (Wildman–Crippen LogP) is 3.95. The molecule has 0 fully saturated rings. The molecule has 0 bridgehead atoms. The third-order valence-corrected chi connectivity index (χ3v) is 4.11. The molecule has 0 spiro atoms. The third-order valence-electron chi connectivity index (χ3n) is 4.11. The lowest BCUT2D eigenvalue weighted by Crippen LogP contribution is -2.24. The normalized spacial score (nSPS) is 19.8. The first-order valence-corrected chi connectivity index (χ1v) is 6.85. The molecule has 0 radical (unpaired) electrons. The molecule has 2 aromatic carbocycles. The maximum absolute atomic E-state index is 13.9. The molecule has 2 unspecified atom stereocenters. The average molecular weight is 255 g/mol. The quantitative estimate of drug-likeness (QED) is 0.864. The molecule has 0 saturated carbocycles.